The molecule has 0 rings (SSSR count). The Morgan fingerprint density at radius 3 is 2.06 bits per heavy atom. The molecular formula is C8H21NO6Si. The third-order valence-corrected chi connectivity index (χ3v) is 1.69. The zero-order valence-corrected chi connectivity index (χ0v) is 10.7. The molecule has 1 unspecified atom stereocenters. The summed E-state index contributed by atoms with van der Waals surface area (Å²) in [6, 6.07) is 0. The van der Waals surface area contributed by atoms with Crippen LogP contribution in [0.4, 0.5) is 0 Å². The average Bonchev–Trinajstić information content (AvgIpc) is 2.10. The lowest BCUT2D eigenvalue weighted by atomic mass is 10.1. The van der Waals surface area contributed by atoms with Crippen LogP contribution in [-0.2, 0) is 4.84 Å². The zero-order valence-electron chi connectivity index (χ0n) is 9.67. The number of nitrogens with zero attached hydrogens (tertiary/aromatic N) is 1. The van der Waals surface area contributed by atoms with Crippen molar-refractivity contribution in [3.05, 3.63) is 4.91 Å². The van der Waals surface area contributed by atoms with Gasteiger partial charge in [0, 0.05) is 0 Å². The Balaban J connectivity index is 0. The second-order valence-corrected chi connectivity index (χ2v) is 4.64. The maximum atomic E-state index is 9.63. The molecule has 0 saturated carbocycles. The normalized spacial score (nSPS) is 12.4. The van der Waals surface area contributed by atoms with Gasteiger partial charge in [-0.3, -0.25) is 0 Å². The van der Waals surface area contributed by atoms with Crippen LogP contribution in [0, 0.1) is 4.91 Å². The van der Waals surface area contributed by atoms with E-state index in [2.05, 4.69) is 17.1 Å². The molecule has 0 fully saturated rings. The fourth-order valence-electron chi connectivity index (χ4n) is 0.985. The molecule has 0 aliphatic rings. The van der Waals surface area contributed by atoms with Crippen LogP contribution in [0.3, 0.4) is 0 Å². The first kappa shape index (κ1) is 17.8. The summed E-state index contributed by atoms with van der Waals surface area (Å²) in [5.41, 5.74) is 0. The predicted octanol–water partition coefficient (Wildman–Crippen LogP) is 0.434. The molecular weight excluding hydrogens is 234 g/mol. The first-order valence-corrected chi connectivity index (χ1v) is 6.98. The van der Waals surface area contributed by atoms with Crippen molar-refractivity contribution in [2.24, 2.45) is 5.34 Å². The van der Waals surface area contributed by atoms with Crippen LogP contribution in [-0.4, -0.2) is 34.3 Å². The van der Waals surface area contributed by atoms with Crippen LogP contribution in [0.25, 0.3) is 0 Å². The van der Waals surface area contributed by atoms with Crippen molar-refractivity contribution >= 4 is 9.05 Å². The van der Waals surface area contributed by atoms with Crippen molar-refractivity contribution in [2.75, 3.05) is 0 Å². The highest BCUT2D eigenvalue weighted by atomic mass is 28.4. The number of hydrogen-bond donors (Lipinski definition) is 4. The van der Waals surface area contributed by atoms with Gasteiger partial charge in [-0.2, -0.15) is 0 Å². The van der Waals surface area contributed by atoms with Gasteiger partial charge in [0.05, 0.1) is 0 Å². The topological polar surface area (TPSA) is 120 Å². The van der Waals surface area contributed by atoms with Crippen molar-refractivity contribution in [1.29, 1.82) is 0 Å². The minimum absolute atomic E-state index is 0.00986. The smallest absolute Gasteiger partial charge is 0.368 e. The molecule has 0 aromatic rings. The summed E-state index contributed by atoms with van der Waals surface area (Å²) >= 11 is 0. The quantitative estimate of drug-likeness (QED) is 0.227. The summed E-state index contributed by atoms with van der Waals surface area (Å²) in [5, 5.41) is 2.38. The van der Waals surface area contributed by atoms with Gasteiger partial charge in [-0.25, -0.2) is 0 Å². The van der Waals surface area contributed by atoms with Crippen molar-refractivity contribution in [1.82, 2.24) is 0 Å². The van der Waals surface area contributed by atoms with E-state index in [1.54, 1.807) is 0 Å². The second-order valence-electron chi connectivity index (χ2n) is 3.44. The first-order valence-electron chi connectivity index (χ1n) is 5.19. The van der Waals surface area contributed by atoms with Crippen molar-refractivity contribution in [3.8, 4) is 0 Å². The molecule has 1 atom stereocenters. The van der Waals surface area contributed by atoms with E-state index in [0.717, 1.165) is 12.8 Å². The van der Waals surface area contributed by atoms with Crippen molar-refractivity contribution < 1.29 is 24.0 Å². The largest absolute Gasteiger partial charge is 0.668 e. The van der Waals surface area contributed by atoms with E-state index < -0.39 is 9.05 Å². The van der Waals surface area contributed by atoms with E-state index in [1.165, 1.54) is 19.3 Å². The van der Waals surface area contributed by atoms with E-state index in [4.69, 9.17) is 19.2 Å². The number of unbranched alkanes of at least 4 members (excludes halogenated alkanes) is 3. The Morgan fingerprint density at radius 1 is 1.19 bits per heavy atom. The summed E-state index contributed by atoms with van der Waals surface area (Å²) in [4.78, 5) is 43.4. The summed E-state index contributed by atoms with van der Waals surface area (Å²) in [6.45, 7) is 4.04. The Hall–Kier alpha value is -0.543. The van der Waals surface area contributed by atoms with Gasteiger partial charge in [0.25, 0.3) is 0 Å². The molecule has 4 N–H and O–H groups in total. The van der Waals surface area contributed by atoms with Gasteiger partial charge >= 0.3 is 9.05 Å². The lowest BCUT2D eigenvalue weighted by Gasteiger charge is -2.05. The molecule has 0 aromatic carbocycles. The highest BCUT2D eigenvalue weighted by Gasteiger charge is 2.22. The zero-order chi connectivity index (χ0) is 13.0. The standard InChI is InChI=1S/C8H17NO2.H4O4Si/c1-3-4-5-6-7-8(2)11-9-10;1-5(2,3)4/h8H,3-7H2,1-2H3;1-4H. The Labute approximate surface area is 96.1 Å². The fraction of sp³-hybridized carbons (Fsp3) is 1.00. The Bertz CT molecular complexity index is 157. The molecule has 8 heteroatoms. The molecule has 0 aromatic heterocycles. The SMILES string of the molecule is CCCCCCC(C)ON=O.O[Si](O)(O)O. The van der Waals surface area contributed by atoms with Crippen molar-refractivity contribution in [3.63, 3.8) is 0 Å². The monoisotopic (exact) mass is 255 g/mol. The van der Waals surface area contributed by atoms with Gasteiger partial charge in [-0.15, -0.1) is 4.91 Å². The summed E-state index contributed by atoms with van der Waals surface area (Å²) in [6.07, 6.45) is 5.78. The number of rotatable bonds is 7. The molecule has 0 aliphatic carbocycles. The van der Waals surface area contributed by atoms with E-state index >= 15 is 0 Å². The number of hydrogen-bond acceptors (Lipinski definition) is 7. The highest BCUT2D eigenvalue weighted by molar-refractivity contribution is 6.46. The molecule has 16 heavy (non-hydrogen) atoms. The molecule has 0 spiro atoms. The van der Waals surface area contributed by atoms with E-state index in [1.807, 2.05) is 6.92 Å². The average molecular weight is 255 g/mol. The lowest BCUT2D eigenvalue weighted by molar-refractivity contribution is 0.0607. The van der Waals surface area contributed by atoms with Gasteiger partial charge < -0.3 is 24.0 Å². The van der Waals surface area contributed by atoms with Gasteiger partial charge in [-0.05, 0) is 19.8 Å². The third kappa shape index (κ3) is 29.2. The minimum Gasteiger partial charge on any atom is -0.368 e. The minimum atomic E-state index is -4.61. The third-order valence-electron chi connectivity index (χ3n) is 1.69. The van der Waals surface area contributed by atoms with Crippen LogP contribution in [0.1, 0.15) is 46.0 Å². The highest BCUT2D eigenvalue weighted by Crippen LogP contribution is 2.07. The van der Waals surface area contributed by atoms with Crippen LogP contribution < -0.4 is 0 Å². The molecule has 0 amide bonds. The molecule has 0 heterocycles. The summed E-state index contributed by atoms with van der Waals surface area (Å²) in [5.74, 6) is 0. The Kier molecular flexibility index (Phi) is 12.2. The molecule has 0 saturated heterocycles. The molecule has 98 valence electrons. The fourth-order valence-corrected chi connectivity index (χ4v) is 0.985. The molecule has 0 bridgehead atoms. The van der Waals surface area contributed by atoms with E-state index in [0.29, 0.717) is 0 Å². The van der Waals surface area contributed by atoms with Gasteiger partial charge in [0.1, 0.15) is 6.10 Å². The van der Waals surface area contributed by atoms with Crippen molar-refractivity contribution in [2.45, 2.75) is 52.1 Å². The Morgan fingerprint density at radius 2 is 1.69 bits per heavy atom. The second kappa shape index (κ2) is 11.0. The van der Waals surface area contributed by atoms with Crippen LogP contribution in [0.2, 0.25) is 0 Å². The first-order chi connectivity index (χ1) is 7.31. The summed E-state index contributed by atoms with van der Waals surface area (Å²) in [7, 11) is -4.61. The lowest BCUT2D eigenvalue weighted by Crippen LogP contribution is -2.33. The van der Waals surface area contributed by atoms with Gasteiger partial charge in [0.15, 0.2) is 5.34 Å². The van der Waals surface area contributed by atoms with Crippen LogP contribution in [0.15, 0.2) is 5.34 Å². The van der Waals surface area contributed by atoms with Gasteiger partial charge in [-0.1, -0.05) is 26.2 Å². The molecule has 7 nitrogen and oxygen atoms in total. The maximum Gasteiger partial charge on any atom is 0.668 e. The van der Waals surface area contributed by atoms with E-state index in [-0.39, 0.29) is 6.10 Å². The summed E-state index contributed by atoms with van der Waals surface area (Å²) < 4.78 is 0. The molecule has 0 aliphatic heterocycles. The van der Waals surface area contributed by atoms with Gasteiger partial charge in [0.2, 0.25) is 0 Å². The molecule has 0 radical (unpaired) electrons. The predicted molar refractivity (Wildman–Crippen MR) is 59.7 cm³/mol. The van der Waals surface area contributed by atoms with Crippen LogP contribution >= 0.6 is 0 Å². The van der Waals surface area contributed by atoms with E-state index in [9.17, 15) is 4.91 Å². The maximum absolute atomic E-state index is 9.63. The van der Waals surface area contributed by atoms with Crippen LogP contribution in [0.5, 0.6) is 0 Å².